The molecule has 1 aliphatic heterocycles. The van der Waals surface area contributed by atoms with Crippen molar-refractivity contribution in [1.82, 2.24) is 14.9 Å². The zero-order valence-corrected chi connectivity index (χ0v) is 17.3. The number of hydrogen-bond donors (Lipinski definition) is 1. The minimum Gasteiger partial charge on any atom is -0.352 e. The molecule has 2 aromatic heterocycles. The molecule has 1 aliphatic rings. The molecule has 5 heteroatoms. The molecule has 0 aliphatic carbocycles. The zero-order valence-electron chi connectivity index (χ0n) is 17.3. The lowest BCUT2D eigenvalue weighted by atomic mass is 9.90. The van der Waals surface area contributed by atoms with E-state index in [0.717, 1.165) is 61.7 Å². The van der Waals surface area contributed by atoms with E-state index in [1.165, 1.54) is 6.42 Å². The maximum absolute atomic E-state index is 12.5. The summed E-state index contributed by atoms with van der Waals surface area (Å²) < 4.78 is 0. The molecule has 3 aromatic rings. The molecule has 30 heavy (non-hydrogen) atoms. The van der Waals surface area contributed by atoms with Gasteiger partial charge in [-0.05, 0) is 49.4 Å². The van der Waals surface area contributed by atoms with Gasteiger partial charge in [0.15, 0.2) is 5.78 Å². The molecule has 0 bridgehead atoms. The highest BCUT2D eigenvalue weighted by Gasteiger charge is 2.23. The molecule has 156 valence electrons. The highest BCUT2D eigenvalue weighted by Crippen LogP contribution is 2.24. The summed E-state index contributed by atoms with van der Waals surface area (Å²) in [6, 6.07) is 13.3. The van der Waals surface area contributed by atoms with Gasteiger partial charge in [0.1, 0.15) is 0 Å². The van der Waals surface area contributed by atoms with Gasteiger partial charge in [-0.15, -0.1) is 0 Å². The number of hydrogen-bond acceptors (Lipinski definition) is 3. The molecule has 0 spiro atoms. The largest absolute Gasteiger partial charge is 0.352 e. The van der Waals surface area contributed by atoms with E-state index >= 15 is 0 Å². The van der Waals surface area contributed by atoms with Crippen molar-refractivity contribution in [2.75, 3.05) is 13.1 Å². The van der Waals surface area contributed by atoms with Gasteiger partial charge in [0.25, 0.3) is 5.91 Å². The molecule has 0 saturated carbocycles. The van der Waals surface area contributed by atoms with E-state index < -0.39 is 0 Å². The Hall–Kier alpha value is -2.95. The highest BCUT2D eigenvalue weighted by atomic mass is 16.2. The number of fused-ring (bicyclic) bond motifs is 1. The van der Waals surface area contributed by atoms with Crippen molar-refractivity contribution in [3.05, 3.63) is 66.1 Å². The first kappa shape index (κ1) is 20.3. The fourth-order valence-corrected chi connectivity index (χ4v) is 4.34. The van der Waals surface area contributed by atoms with Gasteiger partial charge in [-0.3, -0.25) is 14.6 Å². The van der Waals surface area contributed by atoms with Crippen molar-refractivity contribution in [2.45, 2.75) is 44.9 Å². The van der Waals surface area contributed by atoms with E-state index in [9.17, 15) is 9.59 Å². The predicted molar refractivity (Wildman–Crippen MR) is 119 cm³/mol. The Balaban J connectivity index is 1.13. The van der Waals surface area contributed by atoms with Crippen LogP contribution in [0.2, 0.25) is 0 Å². The standard InChI is InChI=1S/C25H29N3O2/c29-24(23-17-21-18-26-14-11-22(21)27-23)10-6-1-3-7-19-12-15-28(16-13-19)25(30)20-8-4-2-5-9-20/h2,4-5,8-9,11,14,17-19,27H,1,3,6-7,10,12-13,15-16H2. The molecule has 1 aromatic carbocycles. The predicted octanol–water partition coefficient (Wildman–Crippen LogP) is 5.25. The number of nitrogens with zero attached hydrogens (tertiary/aromatic N) is 2. The highest BCUT2D eigenvalue weighted by molar-refractivity contribution is 5.99. The number of nitrogens with one attached hydrogen (secondary N) is 1. The lowest BCUT2D eigenvalue weighted by Crippen LogP contribution is -2.38. The Kier molecular flexibility index (Phi) is 6.57. The van der Waals surface area contributed by atoms with Crippen molar-refractivity contribution in [3.8, 4) is 0 Å². The maximum Gasteiger partial charge on any atom is 0.253 e. The topological polar surface area (TPSA) is 66.1 Å². The molecular formula is C25H29N3O2. The number of carbonyl (C=O) groups excluding carboxylic acids is 2. The van der Waals surface area contributed by atoms with E-state index in [1.807, 2.05) is 47.4 Å². The first-order valence-corrected chi connectivity index (χ1v) is 11.0. The van der Waals surface area contributed by atoms with Gasteiger partial charge in [0.05, 0.1) is 5.69 Å². The number of aromatic nitrogens is 2. The first-order valence-electron chi connectivity index (χ1n) is 11.0. The van der Waals surface area contributed by atoms with Crippen LogP contribution >= 0.6 is 0 Å². The summed E-state index contributed by atoms with van der Waals surface area (Å²) in [5, 5.41) is 0.984. The number of unbranched alkanes of at least 4 members (excludes halogenated alkanes) is 2. The average molecular weight is 404 g/mol. The van der Waals surface area contributed by atoms with Gasteiger partial charge in [0.2, 0.25) is 0 Å². The van der Waals surface area contributed by atoms with Crippen LogP contribution in [0.4, 0.5) is 0 Å². The summed E-state index contributed by atoms with van der Waals surface area (Å²) in [5.74, 6) is 1.03. The van der Waals surface area contributed by atoms with E-state index in [2.05, 4.69) is 9.97 Å². The quantitative estimate of drug-likeness (QED) is 0.413. The SMILES string of the molecule is O=C(CCCCCC1CCN(C(=O)c2ccccc2)CC1)c1cc2cnccc2[nH]1. The van der Waals surface area contributed by atoms with Crippen LogP contribution in [0.1, 0.15) is 65.8 Å². The Morgan fingerprint density at radius 2 is 1.83 bits per heavy atom. The number of amides is 1. The fourth-order valence-electron chi connectivity index (χ4n) is 4.34. The third-order valence-electron chi connectivity index (χ3n) is 6.16. The van der Waals surface area contributed by atoms with Crippen molar-refractivity contribution in [3.63, 3.8) is 0 Å². The van der Waals surface area contributed by atoms with Gasteiger partial charge < -0.3 is 9.88 Å². The number of piperidine rings is 1. The summed E-state index contributed by atoms with van der Waals surface area (Å²) in [4.78, 5) is 34.2. The van der Waals surface area contributed by atoms with Gasteiger partial charge in [-0.1, -0.05) is 37.5 Å². The van der Waals surface area contributed by atoms with Gasteiger partial charge in [0, 0.05) is 48.4 Å². The fraction of sp³-hybridized carbons (Fsp3) is 0.400. The second-order valence-corrected chi connectivity index (χ2v) is 8.27. The number of pyridine rings is 1. The lowest BCUT2D eigenvalue weighted by Gasteiger charge is -2.32. The van der Waals surface area contributed by atoms with Crippen LogP contribution in [0.25, 0.3) is 10.9 Å². The summed E-state index contributed by atoms with van der Waals surface area (Å²) in [6.45, 7) is 1.71. The number of carbonyl (C=O) groups is 2. The molecule has 4 rings (SSSR count). The van der Waals surface area contributed by atoms with Crippen LogP contribution < -0.4 is 0 Å². The van der Waals surface area contributed by atoms with Gasteiger partial charge in [-0.25, -0.2) is 0 Å². The van der Waals surface area contributed by atoms with Crippen LogP contribution in [-0.2, 0) is 0 Å². The second kappa shape index (κ2) is 9.70. The van der Waals surface area contributed by atoms with Crippen LogP contribution in [0.15, 0.2) is 54.9 Å². The molecule has 1 saturated heterocycles. The van der Waals surface area contributed by atoms with E-state index in [0.29, 0.717) is 18.0 Å². The Morgan fingerprint density at radius 3 is 2.60 bits per heavy atom. The molecule has 1 fully saturated rings. The van der Waals surface area contributed by atoms with Gasteiger partial charge >= 0.3 is 0 Å². The molecule has 5 nitrogen and oxygen atoms in total. The van der Waals surface area contributed by atoms with Crippen LogP contribution in [0, 0.1) is 5.92 Å². The van der Waals surface area contributed by atoms with Crippen LogP contribution in [0.5, 0.6) is 0 Å². The number of ketones is 1. The third kappa shape index (κ3) is 4.96. The molecule has 1 amide bonds. The maximum atomic E-state index is 12.5. The number of Topliss-reactive ketones (excluding diaryl/α,β-unsaturated/α-hetero) is 1. The van der Waals surface area contributed by atoms with Crippen LogP contribution in [-0.4, -0.2) is 39.6 Å². The summed E-state index contributed by atoms with van der Waals surface area (Å²) in [6.07, 6.45) is 10.6. The number of rotatable bonds is 8. The normalized spacial score (nSPS) is 14.9. The molecular weight excluding hydrogens is 374 g/mol. The second-order valence-electron chi connectivity index (χ2n) is 8.27. The Bertz CT molecular complexity index is 955. The minimum absolute atomic E-state index is 0.153. The van der Waals surface area contributed by atoms with E-state index in [4.69, 9.17) is 0 Å². The van der Waals surface area contributed by atoms with E-state index in [-0.39, 0.29) is 11.7 Å². The Morgan fingerprint density at radius 1 is 1.03 bits per heavy atom. The third-order valence-corrected chi connectivity index (χ3v) is 6.16. The molecule has 3 heterocycles. The summed E-state index contributed by atoms with van der Waals surface area (Å²) in [5.41, 5.74) is 2.44. The average Bonchev–Trinajstić information content (AvgIpc) is 3.24. The first-order chi connectivity index (χ1) is 14.7. The van der Waals surface area contributed by atoms with Crippen molar-refractivity contribution in [1.29, 1.82) is 0 Å². The zero-order chi connectivity index (χ0) is 20.8. The number of likely N-dealkylation sites (tertiary alicyclic amines) is 1. The number of benzene rings is 1. The number of aromatic amines is 1. The van der Waals surface area contributed by atoms with Crippen molar-refractivity contribution >= 4 is 22.6 Å². The number of H-pyrrole nitrogens is 1. The molecule has 1 N–H and O–H groups in total. The summed E-state index contributed by atoms with van der Waals surface area (Å²) >= 11 is 0. The lowest BCUT2D eigenvalue weighted by molar-refractivity contribution is 0.0685. The Labute approximate surface area is 177 Å². The van der Waals surface area contributed by atoms with Crippen LogP contribution in [0.3, 0.4) is 0 Å². The monoisotopic (exact) mass is 403 g/mol. The molecule has 0 radical (unpaired) electrons. The smallest absolute Gasteiger partial charge is 0.253 e. The summed E-state index contributed by atoms with van der Waals surface area (Å²) in [7, 11) is 0. The molecule has 0 atom stereocenters. The van der Waals surface area contributed by atoms with Gasteiger partial charge in [-0.2, -0.15) is 0 Å². The van der Waals surface area contributed by atoms with Crippen molar-refractivity contribution < 1.29 is 9.59 Å². The van der Waals surface area contributed by atoms with E-state index in [1.54, 1.807) is 12.4 Å². The minimum atomic E-state index is 0.153. The van der Waals surface area contributed by atoms with Crippen molar-refractivity contribution in [2.24, 2.45) is 5.92 Å². The molecule has 0 unspecified atom stereocenters.